The summed E-state index contributed by atoms with van der Waals surface area (Å²) in [6.07, 6.45) is 2.53. The van der Waals surface area contributed by atoms with Crippen LogP contribution in [-0.2, 0) is 0 Å². The van der Waals surface area contributed by atoms with Gasteiger partial charge in [0.05, 0.1) is 22.4 Å². The summed E-state index contributed by atoms with van der Waals surface area (Å²) < 4.78 is 0. The number of rotatable bonds is 4. The third-order valence-corrected chi connectivity index (χ3v) is 4.66. The van der Waals surface area contributed by atoms with Gasteiger partial charge in [-0.25, -0.2) is 9.97 Å². The quantitative estimate of drug-likeness (QED) is 0.942. The number of nitrogens with one attached hydrogen (secondary N) is 1. The van der Waals surface area contributed by atoms with Crippen molar-refractivity contribution >= 4 is 16.9 Å². The highest BCUT2D eigenvalue weighted by Gasteiger charge is 2.18. The lowest BCUT2D eigenvalue weighted by molar-refractivity contribution is 0.0940. The van der Waals surface area contributed by atoms with Crippen molar-refractivity contribution in [3.8, 4) is 0 Å². The van der Waals surface area contributed by atoms with Gasteiger partial charge in [-0.2, -0.15) is 0 Å². The van der Waals surface area contributed by atoms with Crippen LogP contribution in [0.2, 0.25) is 0 Å². The molecule has 5 heteroatoms. The van der Waals surface area contributed by atoms with Crippen molar-refractivity contribution < 1.29 is 4.79 Å². The predicted molar refractivity (Wildman–Crippen MR) is 91.6 cm³/mol. The molecule has 3 rings (SSSR count). The Bertz CT molecular complexity index is 722. The molecule has 1 unspecified atom stereocenters. The molecule has 0 spiro atoms. The molecule has 1 aromatic heterocycles. The van der Waals surface area contributed by atoms with Gasteiger partial charge in [-0.1, -0.05) is 0 Å². The van der Waals surface area contributed by atoms with Crippen molar-refractivity contribution in [3.63, 3.8) is 0 Å². The maximum atomic E-state index is 12.4. The number of fused-ring (bicyclic) bond motifs is 1. The summed E-state index contributed by atoms with van der Waals surface area (Å²) >= 11 is 0. The second-order valence-electron chi connectivity index (χ2n) is 6.40. The number of benzene rings is 1. The minimum atomic E-state index is -0.0435. The highest BCUT2D eigenvalue weighted by molar-refractivity contribution is 5.97. The first-order valence-corrected chi connectivity index (χ1v) is 8.32. The van der Waals surface area contributed by atoms with Crippen LogP contribution in [0, 0.1) is 13.8 Å². The summed E-state index contributed by atoms with van der Waals surface area (Å²) in [4.78, 5) is 23.8. The summed E-state index contributed by atoms with van der Waals surface area (Å²) in [5.41, 5.74) is 4.07. The Balaban J connectivity index is 1.69. The lowest BCUT2D eigenvalue weighted by Gasteiger charge is -2.23. The molecule has 2 heterocycles. The third-order valence-electron chi connectivity index (χ3n) is 4.66. The van der Waals surface area contributed by atoms with E-state index in [1.807, 2.05) is 32.0 Å². The van der Waals surface area contributed by atoms with Crippen LogP contribution in [0.1, 0.15) is 41.5 Å². The monoisotopic (exact) mass is 312 g/mol. The zero-order valence-electron chi connectivity index (χ0n) is 14.1. The molecular weight excluding hydrogens is 288 g/mol. The highest BCUT2D eigenvalue weighted by atomic mass is 16.1. The number of aryl methyl sites for hydroxylation is 2. The van der Waals surface area contributed by atoms with Crippen LogP contribution >= 0.6 is 0 Å². The summed E-state index contributed by atoms with van der Waals surface area (Å²) in [5, 5.41) is 3.04. The minimum absolute atomic E-state index is 0.0435. The molecule has 1 saturated heterocycles. The molecule has 0 saturated carbocycles. The van der Waals surface area contributed by atoms with Gasteiger partial charge in [0.25, 0.3) is 5.91 Å². The maximum Gasteiger partial charge on any atom is 0.251 e. The van der Waals surface area contributed by atoms with E-state index in [0.29, 0.717) is 18.2 Å². The van der Waals surface area contributed by atoms with Gasteiger partial charge in [-0.3, -0.25) is 9.69 Å². The second kappa shape index (κ2) is 6.62. The Hall–Kier alpha value is -2.01. The molecule has 0 radical (unpaired) electrons. The van der Waals surface area contributed by atoms with E-state index in [1.165, 1.54) is 12.8 Å². The van der Waals surface area contributed by atoms with Crippen molar-refractivity contribution in [3.05, 3.63) is 35.2 Å². The van der Waals surface area contributed by atoms with Crippen LogP contribution in [0.25, 0.3) is 11.0 Å². The molecule has 1 aliphatic rings. The lowest BCUT2D eigenvalue weighted by atomic mass is 10.1. The van der Waals surface area contributed by atoms with Gasteiger partial charge >= 0.3 is 0 Å². The molecule has 1 fully saturated rings. The first-order chi connectivity index (χ1) is 11.0. The van der Waals surface area contributed by atoms with Crippen LogP contribution in [0.5, 0.6) is 0 Å². The Morgan fingerprint density at radius 3 is 2.52 bits per heavy atom. The number of likely N-dealkylation sites (tertiary alicyclic amines) is 1. The van der Waals surface area contributed by atoms with Crippen LogP contribution in [0.4, 0.5) is 0 Å². The van der Waals surface area contributed by atoms with Gasteiger partial charge in [-0.15, -0.1) is 0 Å². The summed E-state index contributed by atoms with van der Waals surface area (Å²) in [6.45, 7) is 9.01. The maximum absolute atomic E-state index is 12.4. The van der Waals surface area contributed by atoms with Crippen molar-refractivity contribution in [2.75, 3.05) is 19.6 Å². The van der Waals surface area contributed by atoms with E-state index in [1.54, 1.807) is 0 Å². The molecule has 1 amide bonds. The number of amides is 1. The summed E-state index contributed by atoms with van der Waals surface area (Å²) in [6, 6.07) is 5.89. The number of hydrogen-bond donors (Lipinski definition) is 1. The molecule has 23 heavy (non-hydrogen) atoms. The molecule has 122 valence electrons. The third kappa shape index (κ3) is 3.50. The topological polar surface area (TPSA) is 58.1 Å². The van der Waals surface area contributed by atoms with E-state index in [9.17, 15) is 4.79 Å². The van der Waals surface area contributed by atoms with Crippen LogP contribution in [0.15, 0.2) is 18.2 Å². The van der Waals surface area contributed by atoms with Gasteiger partial charge in [0.1, 0.15) is 0 Å². The summed E-state index contributed by atoms with van der Waals surface area (Å²) in [7, 11) is 0. The van der Waals surface area contributed by atoms with E-state index in [2.05, 4.69) is 27.1 Å². The van der Waals surface area contributed by atoms with E-state index in [4.69, 9.17) is 0 Å². The molecular formula is C18H24N4O. The fourth-order valence-corrected chi connectivity index (χ4v) is 3.03. The first-order valence-electron chi connectivity index (χ1n) is 8.32. The Labute approximate surface area is 137 Å². The van der Waals surface area contributed by atoms with Crippen molar-refractivity contribution in [1.82, 2.24) is 20.2 Å². The van der Waals surface area contributed by atoms with E-state index >= 15 is 0 Å². The van der Waals surface area contributed by atoms with Gasteiger partial charge in [0.2, 0.25) is 0 Å². The average molecular weight is 312 g/mol. The largest absolute Gasteiger partial charge is 0.350 e. The Morgan fingerprint density at radius 2 is 1.83 bits per heavy atom. The minimum Gasteiger partial charge on any atom is -0.350 e. The lowest BCUT2D eigenvalue weighted by Crippen LogP contribution is -2.40. The van der Waals surface area contributed by atoms with Crippen molar-refractivity contribution in [2.24, 2.45) is 0 Å². The van der Waals surface area contributed by atoms with E-state index in [0.717, 1.165) is 35.5 Å². The molecule has 1 aliphatic heterocycles. The molecule has 1 atom stereocenters. The first kappa shape index (κ1) is 15.9. The average Bonchev–Trinajstić information content (AvgIpc) is 3.07. The predicted octanol–water partition coefficient (Wildman–Crippen LogP) is 2.46. The number of aromatic nitrogens is 2. The Morgan fingerprint density at radius 1 is 1.17 bits per heavy atom. The standard InChI is InChI=1S/C18H24N4O/c1-12(22-8-4-5-9-22)11-19-18(23)15-6-7-16-17(10-15)21-14(3)13(2)20-16/h6-7,10,12H,4-5,8-9,11H2,1-3H3,(H,19,23). The molecule has 0 aliphatic carbocycles. The zero-order valence-corrected chi connectivity index (χ0v) is 14.1. The van der Waals surface area contributed by atoms with Gasteiger partial charge < -0.3 is 5.32 Å². The SMILES string of the molecule is Cc1nc2ccc(C(=O)NCC(C)N3CCCC3)cc2nc1C. The fourth-order valence-electron chi connectivity index (χ4n) is 3.03. The molecule has 1 N–H and O–H groups in total. The Kier molecular flexibility index (Phi) is 4.57. The summed E-state index contributed by atoms with van der Waals surface area (Å²) in [5.74, 6) is -0.0435. The van der Waals surface area contributed by atoms with E-state index < -0.39 is 0 Å². The second-order valence-corrected chi connectivity index (χ2v) is 6.40. The van der Waals surface area contributed by atoms with Crippen LogP contribution in [0.3, 0.4) is 0 Å². The van der Waals surface area contributed by atoms with Gasteiger partial charge in [0, 0.05) is 18.2 Å². The molecule has 2 aromatic rings. The molecule has 5 nitrogen and oxygen atoms in total. The van der Waals surface area contributed by atoms with E-state index in [-0.39, 0.29) is 5.91 Å². The van der Waals surface area contributed by atoms with Gasteiger partial charge in [0.15, 0.2) is 0 Å². The van der Waals surface area contributed by atoms with Crippen molar-refractivity contribution in [1.29, 1.82) is 0 Å². The number of carbonyl (C=O) groups excluding carboxylic acids is 1. The molecule has 0 bridgehead atoms. The highest BCUT2D eigenvalue weighted by Crippen LogP contribution is 2.15. The van der Waals surface area contributed by atoms with Crippen molar-refractivity contribution in [2.45, 2.75) is 39.7 Å². The molecule has 1 aromatic carbocycles. The van der Waals surface area contributed by atoms with Gasteiger partial charge in [-0.05, 0) is 64.9 Å². The number of hydrogen-bond acceptors (Lipinski definition) is 4. The van der Waals surface area contributed by atoms with Crippen LogP contribution in [-0.4, -0.2) is 46.5 Å². The number of carbonyl (C=O) groups is 1. The zero-order chi connectivity index (χ0) is 16.4. The smallest absolute Gasteiger partial charge is 0.251 e. The number of nitrogens with zero attached hydrogens (tertiary/aromatic N) is 3. The van der Waals surface area contributed by atoms with Crippen LogP contribution < -0.4 is 5.32 Å². The normalized spacial score (nSPS) is 16.7. The fraction of sp³-hybridized carbons (Fsp3) is 0.500.